The van der Waals surface area contributed by atoms with Gasteiger partial charge in [0.25, 0.3) is 0 Å². The van der Waals surface area contributed by atoms with E-state index in [1.807, 2.05) is 0 Å². The highest BCUT2D eigenvalue weighted by Crippen LogP contribution is 2.20. The SMILES string of the molecule is Cc1nnc(NC(=O)CN2CCN(c3ccc(F)cc3)C2=O)s1. The van der Waals surface area contributed by atoms with Crippen LogP contribution in [-0.4, -0.2) is 46.7 Å². The maximum atomic E-state index is 13.0. The zero-order valence-electron chi connectivity index (χ0n) is 12.3. The summed E-state index contributed by atoms with van der Waals surface area (Å²) in [5.74, 6) is -0.681. The number of carbonyl (C=O) groups excluding carboxylic acids is 2. The number of urea groups is 1. The maximum absolute atomic E-state index is 13.0. The highest BCUT2D eigenvalue weighted by Gasteiger charge is 2.30. The largest absolute Gasteiger partial charge is 0.325 e. The molecule has 1 saturated heterocycles. The summed E-state index contributed by atoms with van der Waals surface area (Å²) >= 11 is 1.27. The quantitative estimate of drug-likeness (QED) is 0.925. The highest BCUT2D eigenvalue weighted by molar-refractivity contribution is 7.15. The average molecular weight is 335 g/mol. The Morgan fingerprint density at radius 1 is 1.30 bits per heavy atom. The van der Waals surface area contributed by atoms with Gasteiger partial charge in [-0.15, -0.1) is 10.2 Å². The fourth-order valence-electron chi connectivity index (χ4n) is 2.27. The molecule has 0 atom stereocenters. The number of hydrogen-bond donors (Lipinski definition) is 1. The van der Waals surface area contributed by atoms with Crippen LogP contribution in [0.15, 0.2) is 24.3 Å². The topological polar surface area (TPSA) is 78.4 Å². The summed E-state index contributed by atoms with van der Waals surface area (Å²) in [6.45, 7) is 2.61. The molecule has 0 unspecified atom stereocenters. The molecular weight excluding hydrogens is 321 g/mol. The summed E-state index contributed by atoms with van der Waals surface area (Å²) in [5, 5.41) is 11.4. The fourth-order valence-corrected chi connectivity index (χ4v) is 2.88. The summed E-state index contributed by atoms with van der Waals surface area (Å²) in [5.41, 5.74) is 0.610. The predicted molar refractivity (Wildman–Crippen MR) is 84.0 cm³/mol. The summed E-state index contributed by atoms with van der Waals surface area (Å²) in [4.78, 5) is 27.3. The molecule has 1 N–H and O–H groups in total. The molecule has 1 aromatic heterocycles. The summed E-state index contributed by atoms with van der Waals surface area (Å²) in [7, 11) is 0. The third-order valence-corrected chi connectivity index (χ3v) is 4.09. The Morgan fingerprint density at radius 2 is 2.04 bits per heavy atom. The van der Waals surface area contributed by atoms with E-state index >= 15 is 0 Å². The molecule has 9 heteroatoms. The van der Waals surface area contributed by atoms with Gasteiger partial charge in [-0.05, 0) is 31.2 Å². The zero-order valence-corrected chi connectivity index (χ0v) is 13.1. The van der Waals surface area contributed by atoms with E-state index in [0.29, 0.717) is 23.9 Å². The second-order valence-corrected chi connectivity index (χ2v) is 6.19. The minimum Gasteiger partial charge on any atom is -0.313 e. The number of hydrogen-bond acceptors (Lipinski definition) is 5. The number of carbonyl (C=O) groups is 2. The highest BCUT2D eigenvalue weighted by atomic mass is 32.1. The van der Waals surface area contributed by atoms with Gasteiger partial charge in [-0.1, -0.05) is 11.3 Å². The first kappa shape index (κ1) is 15.3. The lowest BCUT2D eigenvalue weighted by molar-refractivity contribution is -0.116. The molecule has 1 aliphatic heterocycles. The zero-order chi connectivity index (χ0) is 16.4. The minimum atomic E-state index is -0.357. The Kier molecular flexibility index (Phi) is 4.20. The number of nitrogens with zero attached hydrogens (tertiary/aromatic N) is 4. The van der Waals surface area contributed by atoms with Gasteiger partial charge in [0.15, 0.2) is 0 Å². The first-order valence-electron chi connectivity index (χ1n) is 6.95. The van der Waals surface area contributed by atoms with Crippen molar-refractivity contribution in [3.8, 4) is 0 Å². The molecule has 1 aromatic carbocycles. The van der Waals surface area contributed by atoms with E-state index in [1.165, 1.54) is 33.3 Å². The van der Waals surface area contributed by atoms with E-state index in [0.717, 1.165) is 5.01 Å². The van der Waals surface area contributed by atoms with E-state index in [4.69, 9.17) is 0 Å². The second kappa shape index (κ2) is 6.29. The summed E-state index contributed by atoms with van der Waals surface area (Å²) in [6.07, 6.45) is 0. The Hall–Kier alpha value is -2.55. The van der Waals surface area contributed by atoms with Gasteiger partial charge < -0.3 is 4.90 Å². The molecule has 120 valence electrons. The Bertz CT molecular complexity index is 733. The van der Waals surface area contributed by atoms with Crippen LogP contribution >= 0.6 is 11.3 Å². The van der Waals surface area contributed by atoms with Gasteiger partial charge in [0, 0.05) is 18.8 Å². The molecule has 0 radical (unpaired) electrons. The summed E-state index contributed by atoms with van der Waals surface area (Å²) < 4.78 is 13.0. The van der Waals surface area contributed by atoms with Crippen molar-refractivity contribution in [2.24, 2.45) is 0 Å². The van der Waals surface area contributed by atoms with Crippen LogP contribution in [0.5, 0.6) is 0 Å². The smallest absolute Gasteiger partial charge is 0.313 e. The van der Waals surface area contributed by atoms with E-state index in [9.17, 15) is 14.0 Å². The molecule has 0 saturated carbocycles. The normalized spacial score (nSPS) is 14.4. The van der Waals surface area contributed by atoms with Crippen molar-refractivity contribution in [3.63, 3.8) is 0 Å². The fraction of sp³-hybridized carbons (Fsp3) is 0.286. The van der Waals surface area contributed by atoms with Crippen LogP contribution in [0.25, 0.3) is 0 Å². The molecule has 2 aromatic rings. The van der Waals surface area contributed by atoms with Crippen molar-refractivity contribution in [2.75, 3.05) is 29.9 Å². The molecule has 3 amide bonds. The Labute approximate surface area is 135 Å². The summed E-state index contributed by atoms with van der Waals surface area (Å²) in [6, 6.07) is 5.41. The number of nitrogens with one attached hydrogen (secondary N) is 1. The van der Waals surface area contributed by atoms with Crippen molar-refractivity contribution in [1.29, 1.82) is 0 Å². The number of aromatic nitrogens is 2. The lowest BCUT2D eigenvalue weighted by Gasteiger charge is -2.18. The van der Waals surface area contributed by atoms with Gasteiger partial charge in [0.05, 0.1) is 0 Å². The second-order valence-electron chi connectivity index (χ2n) is 5.01. The van der Waals surface area contributed by atoms with Crippen molar-refractivity contribution in [1.82, 2.24) is 15.1 Å². The lowest BCUT2D eigenvalue weighted by atomic mass is 10.3. The van der Waals surface area contributed by atoms with Gasteiger partial charge in [0.2, 0.25) is 11.0 Å². The van der Waals surface area contributed by atoms with Crippen LogP contribution in [0.1, 0.15) is 5.01 Å². The first-order valence-corrected chi connectivity index (χ1v) is 7.76. The van der Waals surface area contributed by atoms with Crippen LogP contribution in [-0.2, 0) is 4.79 Å². The van der Waals surface area contributed by atoms with Crippen molar-refractivity contribution in [2.45, 2.75) is 6.92 Å². The van der Waals surface area contributed by atoms with Gasteiger partial charge in [0.1, 0.15) is 17.4 Å². The van der Waals surface area contributed by atoms with Crippen molar-refractivity contribution >= 4 is 34.1 Å². The first-order chi connectivity index (χ1) is 11.0. The van der Waals surface area contributed by atoms with E-state index in [-0.39, 0.29) is 24.3 Å². The molecule has 0 aliphatic carbocycles. The average Bonchev–Trinajstić information content (AvgIpc) is 3.07. The predicted octanol–water partition coefficient (Wildman–Crippen LogP) is 1.87. The number of amides is 3. The van der Waals surface area contributed by atoms with E-state index in [1.54, 1.807) is 19.1 Å². The Balaban J connectivity index is 1.60. The van der Waals surface area contributed by atoms with E-state index < -0.39 is 0 Å². The lowest BCUT2D eigenvalue weighted by Crippen LogP contribution is -2.37. The van der Waals surface area contributed by atoms with Crippen LogP contribution in [0, 0.1) is 12.7 Å². The third kappa shape index (κ3) is 3.45. The monoisotopic (exact) mass is 335 g/mol. The molecule has 2 heterocycles. The molecule has 0 bridgehead atoms. The third-order valence-electron chi connectivity index (χ3n) is 3.34. The Morgan fingerprint density at radius 3 is 2.70 bits per heavy atom. The standard InChI is InChI=1S/C14H14FN5O2S/c1-9-17-18-13(23-9)16-12(21)8-19-6-7-20(14(19)22)11-4-2-10(15)3-5-11/h2-5H,6-8H2,1H3,(H,16,18,21). The molecule has 1 aliphatic rings. The minimum absolute atomic E-state index is 0.0604. The van der Waals surface area contributed by atoms with Crippen LogP contribution in [0.3, 0.4) is 0 Å². The van der Waals surface area contributed by atoms with Gasteiger partial charge in [-0.25, -0.2) is 9.18 Å². The maximum Gasteiger partial charge on any atom is 0.325 e. The van der Waals surface area contributed by atoms with E-state index in [2.05, 4.69) is 15.5 Å². The molecule has 0 spiro atoms. The van der Waals surface area contributed by atoms with Gasteiger partial charge in [-0.3, -0.25) is 15.0 Å². The molecule has 7 nitrogen and oxygen atoms in total. The van der Waals surface area contributed by atoms with Gasteiger partial charge in [-0.2, -0.15) is 0 Å². The number of rotatable bonds is 4. The molecular formula is C14H14FN5O2S. The van der Waals surface area contributed by atoms with Crippen molar-refractivity contribution in [3.05, 3.63) is 35.1 Å². The van der Waals surface area contributed by atoms with Crippen LogP contribution in [0.4, 0.5) is 20.0 Å². The van der Waals surface area contributed by atoms with Gasteiger partial charge >= 0.3 is 6.03 Å². The number of halogens is 1. The van der Waals surface area contributed by atoms with Crippen LogP contribution < -0.4 is 10.2 Å². The number of aryl methyl sites for hydroxylation is 1. The molecule has 1 fully saturated rings. The molecule has 3 rings (SSSR count). The van der Waals surface area contributed by atoms with Crippen LogP contribution in [0.2, 0.25) is 0 Å². The number of benzene rings is 1. The number of anilines is 2. The molecule has 23 heavy (non-hydrogen) atoms. The van der Waals surface area contributed by atoms with Crippen molar-refractivity contribution < 1.29 is 14.0 Å².